The van der Waals surface area contributed by atoms with E-state index in [1.165, 1.54) is 54.8 Å². The van der Waals surface area contributed by atoms with Gasteiger partial charge in [0.05, 0.1) is 12.5 Å². The van der Waals surface area contributed by atoms with Gasteiger partial charge in [0.2, 0.25) is 0 Å². The Morgan fingerprint density at radius 3 is 2.16 bits per heavy atom. The third-order valence-electron chi connectivity index (χ3n) is 13.1. The van der Waals surface area contributed by atoms with Crippen molar-refractivity contribution in [3.63, 3.8) is 0 Å². The van der Waals surface area contributed by atoms with Crippen molar-refractivity contribution in [1.29, 1.82) is 0 Å². The number of benzene rings is 1. The van der Waals surface area contributed by atoms with Gasteiger partial charge in [0.25, 0.3) is 5.82 Å². The Morgan fingerprint density at radius 2 is 1.57 bits per heavy atom. The lowest BCUT2D eigenvalue weighted by atomic mass is 9.59. The van der Waals surface area contributed by atoms with Gasteiger partial charge in [0, 0.05) is 17.4 Å². The van der Waals surface area contributed by atoms with E-state index in [0.29, 0.717) is 5.92 Å². The van der Waals surface area contributed by atoms with Crippen molar-refractivity contribution in [2.45, 2.75) is 135 Å². The van der Waals surface area contributed by atoms with E-state index in [1.807, 2.05) is 0 Å². The van der Waals surface area contributed by atoms with Gasteiger partial charge in [-0.15, -0.1) is 0 Å². The first-order valence-corrected chi connectivity index (χ1v) is 15.4. The summed E-state index contributed by atoms with van der Waals surface area (Å²) in [6, 6.07) is 5.21. The highest BCUT2D eigenvalue weighted by Crippen LogP contribution is 2.64. The average molecular weight is 500 g/mol. The number of hydrogen-bond donors (Lipinski definition) is 0. The van der Waals surface area contributed by atoms with E-state index in [1.54, 1.807) is 22.5 Å². The quantitative estimate of drug-likeness (QED) is 0.364. The minimum Gasteiger partial charge on any atom is -0.232 e. The van der Waals surface area contributed by atoms with E-state index in [2.05, 4.69) is 90.6 Å². The summed E-state index contributed by atoms with van der Waals surface area (Å²) in [4.78, 5) is 0. The summed E-state index contributed by atoms with van der Waals surface area (Å²) in [5, 5.41) is 0. The molecule has 2 aromatic rings. The van der Waals surface area contributed by atoms with Crippen LogP contribution in [0.15, 0.2) is 18.7 Å². The van der Waals surface area contributed by atoms with Crippen LogP contribution in [0.4, 0.5) is 0 Å². The van der Waals surface area contributed by atoms with Crippen molar-refractivity contribution < 1.29 is 4.57 Å². The molecule has 37 heavy (non-hydrogen) atoms. The van der Waals surface area contributed by atoms with Crippen molar-refractivity contribution in [3.05, 3.63) is 52.6 Å². The Labute approximate surface area is 226 Å². The van der Waals surface area contributed by atoms with Crippen LogP contribution in [0.2, 0.25) is 0 Å². The van der Waals surface area contributed by atoms with Crippen molar-refractivity contribution in [1.82, 2.24) is 4.57 Å². The molecule has 0 spiro atoms. The van der Waals surface area contributed by atoms with Gasteiger partial charge in [0.15, 0.2) is 5.69 Å². The fourth-order valence-corrected chi connectivity index (χ4v) is 9.63. The number of imidazole rings is 1. The fourth-order valence-electron chi connectivity index (χ4n) is 9.63. The molecule has 3 aliphatic carbocycles. The van der Waals surface area contributed by atoms with Gasteiger partial charge >= 0.3 is 0 Å². The number of rotatable bonds is 5. The second-order valence-corrected chi connectivity index (χ2v) is 14.7. The number of fused-ring (bicyclic) bond motifs is 10. The minimum absolute atomic E-state index is 0.00748. The lowest BCUT2D eigenvalue weighted by molar-refractivity contribution is -0.619. The Balaban J connectivity index is 1.66. The van der Waals surface area contributed by atoms with Crippen LogP contribution in [0.3, 0.4) is 0 Å². The molecule has 0 radical (unpaired) electrons. The van der Waals surface area contributed by atoms with Gasteiger partial charge in [0.1, 0.15) is 11.4 Å². The monoisotopic (exact) mass is 499 g/mol. The Bertz CT molecular complexity index is 1310. The summed E-state index contributed by atoms with van der Waals surface area (Å²) in [5.74, 6) is 3.83. The first-order chi connectivity index (χ1) is 17.3. The topological polar surface area (TPSA) is 8.81 Å². The molecule has 1 aromatic carbocycles. The van der Waals surface area contributed by atoms with E-state index in [4.69, 9.17) is 6.58 Å². The van der Waals surface area contributed by atoms with Crippen LogP contribution >= 0.6 is 0 Å². The van der Waals surface area contributed by atoms with Crippen LogP contribution in [-0.2, 0) is 23.3 Å². The molecule has 1 aromatic heterocycles. The number of hydrogen-bond acceptors (Lipinski definition) is 0. The molecule has 6 rings (SSSR count). The molecule has 1 saturated carbocycles. The zero-order valence-corrected chi connectivity index (χ0v) is 25.4. The molecule has 0 amide bonds. The fraction of sp³-hybridized carbons (Fsp3) is 0.686. The summed E-state index contributed by atoms with van der Waals surface area (Å²) in [6.45, 7) is 26.9. The number of allylic oxidation sites excluding steroid dienone is 1. The zero-order chi connectivity index (χ0) is 26.9. The van der Waals surface area contributed by atoms with Gasteiger partial charge in [-0.3, -0.25) is 0 Å². The Kier molecular flexibility index (Phi) is 5.25. The highest BCUT2D eigenvalue weighted by atomic mass is 15.2. The maximum absolute atomic E-state index is 4.90. The zero-order valence-electron chi connectivity index (χ0n) is 25.4. The molecule has 3 atom stereocenters. The molecule has 2 heterocycles. The van der Waals surface area contributed by atoms with E-state index >= 15 is 0 Å². The maximum Gasteiger partial charge on any atom is 0.272 e. The van der Waals surface area contributed by atoms with Crippen molar-refractivity contribution in [2.24, 2.45) is 18.4 Å². The van der Waals surface area contributed by atoms with Gasteiger partial charge in [-0.25, -0.2) is 4.57 Å². The lowest BCUT2D eigenvalue weighted by Gasteiger charge is -2.44. The molecule has 2 nitrogen and oxygen atoms in total. The summed E-state index contributed by atoms with van der Waals surface area (Å²) in [7, 11) is 2.39. The summed E-state index contributed by atoms with van der Waals surface area (Å²) in [5.41, 5.74) is 11.0. The maximum atomic E-state index is 4.90. The molecule has 0 saturated heterocycles. The normalized spacial score (nSPS) is 28.7. The minimum atomic E-state index is -0.00748. The van der Waals surface area contributed by atoms with Crippen LogP contribution in [0.5, 0.6) is 0 Å². The second kappa shape index (κ2) is 7.64. The smallest absolute Gasteiger partial charge is 0.232 e. The average Bonchev–Trinajstić information content (AvgIpc) is 3.55. The second-order valence-electron chi connectivity index (χ2n) is 14.7. The first kappa shape index (κ1) is 25.4. The highest BCUT2D eigenvalue weighted by Gasteiger charge is 2.61. The molecule has 4 aliphatic rings. The van der Waals surface area contributed by atoms with Gasteiger partial charge in [-0.2, -0.15) is 4.57 Å². The molecule has 1 aliphatic heterocycles. The summed E-state index contributed by atoms with van der Waals surface area (Å²) in [6.07, 6.45) is 9.05. The summed E-state index contributed by atoms with van der Waals surface area (Å²) >= 11 is 0. The molecular weight excluding hydrogens is 448 g/mol. The van der Waals surface area contributed by atoms with Crippen LogP contribution in [0.25, 0.3) is 11.3 Å². The predicted octanol–water partition coefficient (Wildman–Crippen LogP) is 8.76. The SMILES string of the molecule is C=C1c2cc3c(cc2-[n+]2c4c(n(C)c2C1(CC)CC)C1CC4CC1CCCC)C(C)(C)C(C)(C)C3(C)C. The van der Waals surface area contributed by atoms with E-state index in [9.17, 15) is 0 Å². The first-order valence-electron chi connectivity index (χ1n) is 15.4. The van der Waals surface area contributed by atoms with Gasteiger partial charge in [-0.1, -0.05) is 81.7 Å². The number of nitrogens with zero attached hydrogens (tertiary/aromatic N) is 2. The van der Waals surface area contributed by atoms with E-state index in [-0.39, 0.29) is 21.7 Å². The van der Waals surface area contributed by atoms with E-state index in [0.717, 1.165) is 24.7 Å². The van der Waals surface area contributed by atoms with E-state index < -0.39 is 0 Å². The van der Waals surface area contributed by atoms with Crippen LogP contribution in [0, 0.1) is 11.3 Å². The molecule has 1 fully saturated rings. The van der Waals surface area contributed by atoms with Gasteiger partial charge < -0.3 is 0 Å². The van der Waals surface area contributed by atoms with Crippen LogP contribution in [-0.4, -0.2) is 4.57 Å². The number of unbranched alkanes of at least 4 members (excludes halogenated alkanes) is 1. The summed E-state index contributed by atoms with van der Waals surface area (Å²) < 4.78 is 5.47. The van der Waals surface area contributed by atoms with Crippen LogP contribution < -0.4 is 4.57 Å². The molecule has 200 valence electrons. The molecule has 3 unspecified atom stereocenters. The van der Waals surface area contributed by atoms with Crippen molar-refractivity contribution in [3.8, 4) is 5.69 Å². The van der Waals surface area contributed by atoms with Crippen LogP contribution in [0.1, 0.15) is 153 Å². The molecular formula is C35H51N2+. The highest BCUT2D eigenvalue weighted by molar-refractivity contribution is 5.80. The third-order valence-corrected chi connectivity index (χ3v) is 13.1. The molecule has 2 bridgehead atoms. The third kappa shape index (κ3) is 2.71. The Hall–Kier alpha value is -1.83. The molecule has 0 N–H and O–H groups in total. The van der Waals surface area contributed by atoms with Crippen molar-refractivity contribution >= 4 is 5.57 Å². The van der Waals surface area contributed by atoms with Gasteiger partial charge in [-0.05, 0) is 83.1 Å². The largest absolute Gasteiger partial charge is 0.272 e. The predicted molar refractivity (Wildman–Crippen MR) is 156 cm³/mol. The van der Waals surface area contributed by atoms with Crippen molar-refractivity contribution in [2.75, 3.05) is 0 Å². The molecule has 2 heteroatoms. The standard InChI is InChI=1S/C35H51N2/c1-12-15-16-22-17-23-18-25(22)30-29(23)37-28-20-27-26(32(5,6)34(9,10)33(27,7)8)19-24(28)21(4)35(13-2,14-3)31(37)36(30)11/h19-20,22-23,25H,4,12-18H2,1-3,5-11H3/q+1. The number of aromatic nitrogens is 2. The lowest BCUT2D eigenvalue weighted by Crippen LogP contribution is -2.51. The Morgan fingerprint density at radius 1 is 0.946 bits per heavy atom.